The van der Waals surface area contributed by atoms with Gasteiger partial charge in [-0.3, -0.25) is 4.79 Å². The minimum absolute atomic E-state index is 0.168. The van der Waals surface area contributed by atoms with E-state index < -0.39 is 0 Å². The van der Waals surface area contributed by atoms with Crippen LogP contribution < -0.4 is 0 Å². The Morgan fingerprint density at radius 2 is 2.17 bits per heavy atom. The number of Topliss-reactive ketones (excluding diaryl/α,β-unsaturated/α-hetero) is 1. The van der Waals surface area contributed by atoms with Crippen LogP contribution in [-0.2, 0) is 9.53 Å². The minimum atomic E-state index is -0.237. The first-order chi connectivity index (χ1) is 8.44. The predicted molar refractivity (Wildman–Crippen MR) is 80.2 cm³/mol. The number of rotatable bonds is 3. The van der Waals surface area contributed by atoms with Crippen molar-refractivity contribution >= 4 is 29.3 Å². The Hall–Kier alpha value is 0.330. The van der Waals surface area contributed by atoms with Crippen molar-refractivity contribution in [3.63, 3.8) is 0 Å². The number of carbonyl (C=O) groups is 1. The second-order valence-corrected chi connectivity index (χ2v) is 8.73. The van der Waals surface area contributed by atoms with E-state index in [0.29, 0.717) is 17.8 Å². The van der Waals surface area contributed by atoms with E-state index >= 15 is 0 Å². The van der Waals surface area contributed by atoms with Crippen molar-refractivity contribution in [3.8, 4) is 0 Å². The van der Waals surface area contributed by atoms with Crippen LogP contribution in [0.3, 0.4) is 0 Å². The van der Waals surface area contributed by atoms with Gasteiger partial charge in [-0.1, -0.05) is 27.2 Å². The molecule has 104 valence electrons. The molecule has 0 aromatic carbocycles. The molecular weight excluding hydrogens is 264 g/mol. The van der Waals surface area contributed by atoms with Gasteiger partial charge in [0, 0.05) is 4.75 Å². The molecule has 0 N–H and O–H groups in total. The normalized spacial score (nSPS) is 39.1. The third kappa shape index (κ3) is 3.07. The summed E-state index contributed by atoms with van der Waals surface area (Å²) in [4.78, 5) is 12.1. The monoisotopic (exact) mass is 288 g/mol. The van der Waals surface area contributed by atoms with E-state index in [4.69, 9.17) is 4.74 Å². The Morgan fingerprint density at radius 1 is 1.44 bits per heavy atom. The second-order valence-electron chi connectivity index (χ2n) is 6.15. The van der Waals surface area contributed by atoms with Crippen LogP contribution in [-0.4, -0.2) is 34.1 Å². The van der Waals surface area contributed by atoms with Gasteiger partial charge < -0.3 is 4.74 Å². The zero-order valence-electron chi connectivity index (χ0n) is 11.8. The molecule has 0 aromatic rings. The quantitative estimate of drug-likeness (QED) is 0.793. The summed E-state index contributed by atoms with van der Waals surface area (Å²) in [7, 11) is 0. The highest BCUT2D eigenvalue weighted by Gasteiger charge is 2.47. The van der Waals surface area contributed by atoms with Crippen molar-refractivity contribution in [2.75, 3.05) is 12.0 Å². The fourth-order valence-electron chi connectivity index (χ4n) is 3.18. The predicted octanol–water partition coefficient (Wildman–Crippen LogP) is 3.59. The van der Waals surface area contributed by atoms with Crippen LogP contribution in [0.25, 0.3) is 0 Å². The number of hydrogen-bond acceptors (Lipinski definition) is 4. The summed E-state index contributed by atoms with van der Waals surface area (Å²) >= 11 is 3.33. The van der Waals surface area contributed by atoms with E-state index in [-0.39, 0.29) is 16.0 Å². The van der Waals surface area contributed by atoms with Gasteiger partial charge in [-0.25, -0.2) is 0 Å². The first-order valence-electron chi connectivity index (χ1n) is 6.79. The summed E-state index contributed by atoms with van der Waals surface area (Å²) in [5.41, 5.74) is -0.237. The maximum atomic E-state index is 12.1. The molecule has 0 radical (unpaired) electrons. The summed E-state index contributed by atoms with van der Waals surface area (Å²) in [5, 5.41) is 0. The largest absolute Gasteiger partial charge is 0.356 e. The number of carbonyl (C=O) groups excluding carboxylic acids is 1. The summed E-state index contributed by atoms with van der Waals surface area (Å²) < 4.78 is 6.28. The third-order valence-electron chi connectivity index (χ3n) is 4.21. The SMILES string of the molecule is CSCC(=O)[C@@H]1O[C@@H]2C[C@H](C)CC[C@H]2C(C)(C)S1. The van der Waals surface area contributed by atoms with E-state index in [9.17, 15) is 4.79 Å². The molecule has 0 bridgehead atoms. The molecule has 4 atom stereocenters. The number of thioether (sulfide) groups is 2. The fourth-order valence-corrected chi connectivity index (χ4v) is 5.13. The number of hydrogen-bond donors (Lipinski definition) is 0. The zero-order valence-corrected chi connectivity index (χ0v) is 13.4. The van der Waals surface area contributed by atoms with Crippen molar-refractivity contribution in [2.24, 2.45) is 11.8 Å². The molecule has 2 nitrogen and oxygen atoms in total. The maximum Gasteiger partial charge on any atom is 0.181 e. The number of fused-ring (bicyclic) bond motifs is 1. The summed E-state index contributed by atoms with van der Waals surface area (Å²) in [6.45, 7) is 6.87. The lowest BCUT2D eigenvalue weighted by molar-refractivity contribution is -0.131. The van der Waals surface area contributed by atoms with Crippen molar-refractivity contribution in [2.45, 2.75) is 56.3 Å². The molecule has 2 aliphatic rings. The molecule has 0 unspecified atom stereocenters. The smallest absolute Gasteiger partial charge is 0.181 e. The Bertz CT molecular complexity index is 317. The van der Waals surface area contributed by atoms with E-state index in [1.165, 1.54) is 12.8 Å². The van der Waals surface area contributed by atoms with Crippen molar-refractivity contribution in [1.82, 2.24) is 0 Å². The summed E-state index contributed by atoms with van der Waals surface area (Å²) in [6, 6.07) is 0. The first kappa shape index (κ1) is 14.7. The molecule has 0 spiro atoms. The van der Waals surface area contributed by atoms with E-state index in [2.05, 4.69) is 20.8 Å². The molecule has 4 heteroatoms. The van der Waals surface area contributed by atoms with Crippen LogP contribution in [0.4, 0.5) is 0 Å². The molecule has 0 amide bonds. The highest BCUT2D eigenvalue weighted by molar-refractivity contribution is 8.02. The van der Waals surface area contributed by atoms with Crippen LogP contribution >= 0.6 is 23.5 Å². The molecule has 1 heterocycles. The van der Waals surface area contributed by atoms with Crippen molar-refractivity contribution in [3.05, 3.63) is 0 Å². The third-order valence-corrected chi connectivity index (χ3v) is 6.28. The standard InChI is InChI=1S/C14H24O2S2/c1-9-5-6-10-12(7-9)16-13(11(15)8-17-4)18-14(10,2)3/h9-10,12-13H,5-8H2,1-4H3/t9-,10-,12-,13-/m1/s1. The molecule has 2 fully saturated rings. The highest BCUT2D eigenvalue weighted by Crippen LogP contribution is 2.50. The van der Waals surface area contributed by atoms with Gasteiger partial charge in [-0.15, -0.1) is 11.8 Å². The minimum Gasteiger partial charge on any atom is -0.356 e. The first-order valence-corrected chi connectivity index (χ1v) is 9.06. The van der Waals surface area contributed by atoms with E-state index in [0.717, 1.165) is 12.3 Å². The van der Waals surface area contributed by atoms with E-state index in [1.807, 2.05) is 6.26 Å². The summed E-state index contributed by atoms with van der Waals surface area (Å²) in [6.07, 6.45) is 5.94. The topological polar surface area (TPSA) is 26.3 Å². The molecule has 0 aromatic heterocycles. The average molecular weight is 288 g/mol. The van der Waals surface area contributed by atoms with Crippen LogP contribution in [0.2, 0.25) is 0 Å². The van der Waals surface area contributed by atoms with Gasteiger partial charge in [-0.05, 0) is 30.9 Å². The van der Waals surface area contributed by atoms with Gasteiger partial charge in [0.15, 0.2) is 11.2 Å². The number of ketones is 1. The lowest BCUT2D eigenvalue weighted by atomic mass is 9.75. The van der Waals surface area contributed by atoms with E-state index in [1.54, 1.807) is 23.5 Å². The molecule has 1 aliphatic carbocycles. The van der Waals surface area contributed by atoms with Gasteiger partial charge in [0.1, 0.15) is 0 Å². The Labute approximate surface area is 119 Å². The van der Waals surface area contributed by atoms with Gasteiger partial charge in [0.05, 0.1) is 11.9 Å². The Kier molecular flexibility index (Phi) is 4.71. The summed E-state index contributed by atoms with van der Waals surface area (Å²) in [5.74, 6) is 2.16. The van der Waals surface area contributed by atoms with Gasteiger partial charge in [0.2, 0.25) is 0 Å². The van der Waals surface area contributed by atoms with Crippen LogP contribution in [0.5, 0.6) is 0 Å². The van der Waals surface area contributed by atoms with Crippen molar-refractivity contribution < 1.29 is 9.53 Å². The van der Waals surface area contributed by atoms with Gasteiger partial charge in [-0.2, -0.15) is 11.8 Å². The lowest BCUT2D eigenvalue weighted by Crippen LogP contribution is -2.50. The molecule has 1 saturated heterocycles. The highest BCUT2D eigenvalue weighted by atomic mass is 32.2. The fraction of sp³-hybridized carbons (Fsp3) is 0.929. The molecule has 1 saturated carbocycles. The molecule has 2 rings (SSSR count). The molecule has 18 heavy (non-hydrogen) atoms. The number of ether oxygens (including phenoxy) is 1. The van der Waals surface area contributed by atoms with Crippen LogP contribution in [0.15, 0.2) is 0 Å². The lowest BCUT2D eigenvalue weighted by Gasteiger charge is -2.49. The Balaban J connectivity index is 2.09. The average Bonchev–Trinajstić information content (AvgIpc) is 2.27. The Morgan fingerprint density at radius 3 is 2.83 bits per heavy atom. The maximum absolute atomic E-state index is 12.1. The van der Waals surface area contributed by atoms with Crippen LogP contribution in [0.1, 0.15) is 40.0 Å². The molecule has 1 aliphatic heterocycles. The van der Waals surface area contributed by atoms with Gasteiger partial charge >= 0.3 is 0 Å². The van der Waals surface area contributed by atoms with Gasteiger partial charge in [0.25, 0.3) is 0 Å². The molecular formula is C14H24O2S2. The van der Waals surface area contributed by atoms with Crippen molar-refractivity contribution in [1.29, 1.82) is 0 Å². The van der Waals surface area contributed by atoms with Crippen LogP contribution in [0, 0.1) is 11.8 Å². The second kappa shape index (κ2) is 5.76. The zero-order chi connectivity index (χ0) is 13.3.